The summed E-state index contributed by atoms with van der Waals surface area (Å²) in [6, 6.07) is 13.6. The zero-order valence-corrected chi connectivity index (χ0v) is 17.2. The minimum Gasteiger partial charge on any atom is -0.356 e. The summed E-state index contributed by atoms with van der Waals surface area (Å²) >= 11 is 0. The standard InChI is InChI=1S/C23H27N5O2/c1-2-12-24-21(29)18-9-8-15-27(17-18)23(30)20-16-25-28(19-10-4-3-5-11-19)22(20)26-13-6-7-14-26/h3-7,10-11,13-14,16,18H,2,8-9,12,15,17H2,1H3,(H,24,29). The van der Waals surface area contributed by atoms with Crippen molar-refractivity contribution >= 4 is 11.8 Å². The lowest BCUT2D eigenvalue weighted by atomic mass is 9.96. The monoisotopic (exact) mass is 405 g/mol. The zero-order valence-electron chi connectivity index (χ0n) is 17.2. The molecular formula is C23H27N5O2. The number of amides is 2. The van der Waals surface area contributed by atoms with Crippen molar-refractivity contribution in [2.24, 2.45) is 5.92 Å². The van der Waals surface area contributed by atoms with Crippen molar-refractivity contribution in [2.45, 2.75) is 26.2 Å². The Morgan fingerprint density at radius 3 is 2.63 bits per heavy atom. The second kappa shape index (κ2) is 8.98. The highest BCUT2D eigenvalue weighted by atomic mass is 16.2. The van der Waals surface area contributed by atoms with Crippen LogP contribution in [0.4, 0.5) is 0 Å². The van der Waals surface area contributed by atoms with E-state index in [2.05, 4.69) is 10.4 Å². The smallest absolute Gasteiger partial charge is 0.259 e. The number of hydrogen-bond donors (Lipinski definition) is 1. The minimum atomic E-state index is -0.159. The first-order valence-electron chi connectivity index (χ1n) is 10.5. The Balaban J connectivity index is 1.63. The molecule has 30 heavy (non-hydrogen) atoms. The highest BCUT2D eigenvalue weighted by molar-refractivity contribution is 5.97. The van der Waals surface area contributed by atoms with Gasteiger partial charge in [0.2, 0.25) is 5.91 Å². The Morgan fingerprint density at radius 1 is 1.13 bits per heavy atom. The second-order valence-corrected chi connectivity index (χ2v) is 7.60. The van der Waals surface area contributed by atoms with Crippen molar-refractivity contribution in [3.8, 4) is 11.5 Å². The summed E-state index contributed by atoms with van der Waals surface area (Å²) in [7, 11) is 0. The molecule has 1 saturated heterocycles. The number of likely N-dealkylation sites (tertiary alicyclic amines) is 1. The summed E-state index contributed by atoms with van der Waals surface area (Å²) in [6.07, 6.45) is 7.98. The first kappa shape index (κ1) is 19.9. The molecular weight excluding hydrogens is 378 g/mol. The molecule has 4 rings (SSSR count). The molecule has 1 atom stereocenters. The number of nitrogens with one attached hydrogen (secondary N) is 1. The largest absolute Gasteiger partial charge is 0.356 e. The normalized spacial score (nSPS) is 16.4. The molecule has 1 N–H and O–H groups in total. The summed E-state index contributed by atoms with van der Waals surface area (Å²) in [6.45, 7) is 3.79. The highest BCUT2D eigenvalue weighted by Gasteiger charge is 2.31. The molecule has 1 aliphatic heterocycles. The topological polar surface area (TPSA) is 72.2 Å². The fourth-order valence-corrected chi connectivity index (χ4v) is 3.91. The lowest BCUT2D eigenvalue weighted by Crippen LogP contribution is -2.45. The molecule has 0 spiro atoms. The van der Waals surface area contributed by atoms with Crippen LogP contribution >= 0.6 is 0 Å². The average molecular weight is 406 g/mol. The van der Waals surface area contributed by atoms with Gasteiger partial charge in [0.1, 0.15) is 5.56 Å². The van der Waals surface area contributed by atoms with E-state index in [1.807, 2.05) is 66.3 Å². The zero-order chi connectivity index (χ0) is 20.9. The van der Waals surface area contributed by atoms with E-state index in [4.69, 9.17) is 0 Å². The van der Waals surface area contributed by atoms with E-state index in [0.29, 0.717) is 31.0 Å². The molecule has 156 valence electrons. The molecule has 0 radical (unpaired) electrons. The van der Waals surface area contributed by atoms with Gasteiger partial charge in [-0.3, -0.25) is 9.59 Å². The van der Waals surface area contributed by atoms with Crippen LogP contribution in [-0.2, 0) is 4.79 Å². The fourth-order valence-electron chi connectivity index (χ4n) is 3.91. The van der Waals surface area contributed by atoms with Gasteiger partial charge in [-0.1, -0.05) is 25.1 Å². The van der Waals surface area contributed by atoms with E-state index < -0.39 is 0 Å². The van der Waals surface area contributed by atoms with Gasteiger partial charge in [0.25, 0.3) is 5.91 Å². The summed E-state index contributed by atoms with van der Waals surface area (Å²) in [5.41, 5.74) is 1.42. The van der Waals surface area contributed by atoms with Gasteiger partial charge in [-0.05, 0) is 43.5 Å². The molecule has 0 saturated carbocycles. The molecule has 0 bridgehead atoms. The van der Waals surface area contributed by atoms with Gasteiger partial charge in [-0.2, -0.15) is 5.10 Å². The first-order chi connectivity index (χ1) is 14.7. The van der Waals surface area contributed by atoms with Crippen LogP contribution in [0.25, 0.3) is 11.5 Å². The molecule has 7 nitrogen and oxygen atoms in total. The number of rotatable bonds is 6. The molecule has 2 amide bonds. The van der Waals surface area contributed by atoms with Crippen LogP contribution in [0.2, 0.25) is 0 Å². The number of benzene rings is 1. The number of carbonyl (C=O) groups excluding carboxylic acids is 2. The maximum Gasteiger partial charge on any atom is 0.259 e. The van der Waals surface area contributed by atoms with Crippen molar-refractivity contribution < 1.29 is 9.59 Å². The fraction of sp³-hybridized carbons (Fsp3) is 0.348. The van der Waals surface area contributed by atoms with Crippen molar-refractivity contribution in [1.82, 2.24) is 24.6 Å². The molecule has 1 aliphatic rings. The molecule has 1 unspecified atom stereocenters. The third-order valence-electron chi connectivity index (χ3n) is 5.45. The van der Waals surface area contributed by atoms with Gasteiger partial charge < -0.3 is 14.8 Å². The predicted octanol–water partition coefficient (Wildman–Crippen LogP) is 3.04. The van der Waals surface area contributed by atoms with Gasteiger partial charge in [-0.15, -0.1) is 0 Å². The Morgan fingerprint density at radius 2 is 1.90 bits per heavy atom. The number of aromatic nitrogens is 3. The number of carbonyl (C=O) groups is 2. The van der Waals surface area contributed by atoms with E-state index in [9.17, 15) is 9.59 Å². The third-order valence-corrected chi connectivity index (χ3v) is 5.45. The molecule has 2 aromatic heterocycles. The molecule has 1 aromatic carbocycles. The number of piperidine rings is 1. The van der Waals surface area contributed by atoms with Gasteiger partial charge >= 0.3 is 0 Å². The Bertz CT molecular complexity index is 994. The Labute approximate surface area is 176 Å². The Hall–Kier alpha value is -3.35. The first-order valence-corrected chi connectivity index (χ1v) is 10.5. The van der Waals surface area contributed by atoms with Crippen LogP contribution in [0, 0.1) is 5.92 Å². The van der Waals surface area contributed by atoms with E-state index in [1.54, 1.807) is 15.8 Å². The molecule has 0 aliphatic carbocycles. The maximum atomic E-state index is 13.5. The van der Waals surface area contributed by atoms with Crippen LogP contribution in [0.3, 0.4) is 0 Å². The maximum absolute atomic E-state index is 13.5. The molecule has 3 heterocycles. The Kier molecular flexibility index (Phi) is 5.97. The molecule has 1 fully saturated rings. The van der Waals surface area contributed by atoms with Gasteiger partial charge in [0.15, 0.2) is 5.82 Å². The third kappa shape index (κ3) is 4.01. The van der Waals surface area contributed by atoms with Crippen molar-refractivity contribution in [2.75, 3.05) is 19.6 Å². The van der Waals surface area contributed by atoms with Gasteiger partial charge in [-0.25, -0.2) is 4.68 Å². The van der Waals surface area contributed by atoms with Crippen molar-refractivity contribution in [3.63, 3.8) is 0 Å². The van der Waals surface area contributed by atoms with E-state index >= 15 is 0 Å². The van der Waals surface area contributed by atoms with Gasteiger partial charge in [0, 0.05) is 32.0 Å². The molecule has 7 heteroatoms. The van der Waals surface area contributed by atoms with Crippen molar-refractivity contribution in [3.05, 3.63) is 66.6 Å². The van der Waals surface area contributed by atoms with Crippen LogP contribution in [0.15, 0.2) is 61.1 Å². The highest BCUT2D eigenvalue weighted by Crippen LogP contribution is 2.24. The van der Waals surface area contributed by atoms with Crippen molar-refractivity contribution in [1.29, 1.82) is 0 Å². The average Bonchev–Trinajstić information content (AvgIpc) is 3.47. The summed E-state index contributed by atoms with van der Waals surface area (Å²) in [5, 5.41) is 7.49. The quantitative estimate of drug-likeness (QED) is 0.685. The number of hydrogen-bond acceptors (Lipinski definition) is 3. The van der Waals surface area contributed by atoms with Crippen LogP contribution in [0.1, 0.15) is 36.5 Å². The van der Waals surface area contributed by atoms with Gasteiger partial charge in [0.05, 0.1) is 17.8 Å². The van der Waals surface area contributed by atoms with E-state index in [0.717, 1.165) is 24.9 Å². The number of para-hydroxylation sites is 1. The van der Waals surface area contributed by atoms with E-state index in [-0.39, 0.29) is 17.7 Å². The number of nitrogens with zero attached hydrogens (tertiary/aromatic N) is 4. The lowest BCUT2D eigenvalue weighted by Gasteiger charge is -2.32. The van der Waals surface area contributed by atoms with Crippen LogP contribution < -0.4 is 5.32 Å². The summed E-state index contributed by atoms with van der Waals surface area (Å²) in [4.78, 5) is 27.7. The SMILES string of the molecule is CCCNC(=O)C1CCCN(C(=O)c2cnn(-c3ccccc3)c2-n2cccc2)C1. The summed E-state index contributed by atoms with van der Waals surface area (Å²) < 4.78 is 3.69. The summed E-state index contributed by atoms with van der Waals surface area (Å²) in [5.74, 6) is 0.496. The second-order valence-electron chi connectivity index (χ2n) is 7.60. The van der Waals surface area contributed by atoms with Crippen LogP contribution in [-0.4, -0.2) is 50.7 Å². The lowest BCUT2D eigenvalue weighted by molar-refractivity contribution is -0.126. The predicted molar refractivity (Wildman–Crippen MR) is 115 cm³/mol. The molecule has 3 aromatic rings. The minimum absolute atomic E-state index is 0.0416. The van der Waals surface area contributed by atoms with E-state index in [1.165, 1.54) is 0 Å². The van der Waals surface area contributed by atoms with Crippen LogP contribution in [0.5, 0.6) is 0 Å².